The average Bonchev–Trinajstić information content (AvgIpc) is 2.52. The second-order valence-corrected chi connectivity index (χ2v) is 5.58. The Kier molecular flexibility index (Phi) is 5.60. The van der Waals surface area contributed by atoms with E-state index in [4.69, 9.17) is 16.2 Å². The number of carbonyl (C=O) groups excluding carboxylic acids is 1. The van der Waals surface area contributed by atoms with Crippen LogP contribution in [-0.4, -0.2) is 18.5 Å². The van der Waals surface area contributed by atoms with Gasteiger partial charge < -0.3 is 16.2 Å². The van der Waals surface area contributed by atoms with E-state index in [1.807, 2.05) is 30.3 Å². The number of esters is 1. The summed E-state index contributed by atoms with van der Waals surface area (Å²) in [6, 6.07) is 9.75. The molecule has 1 saturated carbocycles. The highest BCUT2D eigenvalue weighted by Crippen LogP contribution is 2.30. The van der Waals surface area contributed by atoms with E-state index in [0.717, 1.165) is 31.2 Å². The van der Waals surface area contributed by atoms with Crippen LogP contribution in [0, 0.1) is 11.8 Å². The van der Waals surface area contributed by atoms with Gasteiger partial charge in [0.2, 0.25) is 0 Å². The second kappa shape index (κ2) is 7.67. The Morgan fingerprint density at radius 1 is 1.14 bits per heavy atom. The third-order valence-electron chi connectivity index (χ3n) is 3.94. The van der Waals surface area contributed by atoms with E-state index < -0.39 is 0 Å². The molecule has 0 bridgehead atoms. The molecule has 0 atom stereocenters. The van der Waals surface area contributed by atoms with Crippen molar-refractivity contribution in [1.82, 2.24) is 0 Å². The molecule has 5 nitrogen and oxygen atoms in total. The number of hydrogen-bond acceptors (Lipinski definition) is 3. The van der Waals surface area contributed by atoms with Gasteiger partial charge in [-0.05, 0) is 37.2 Å². The Morgan fingerprint density at radius 3 is 2.43 bits per heavy atom. The molecule has 1 aliphatic rings. The molecule has 1 fully saturated rings. The third kappa shape index (κ3) is 5.10. The van der Waals surface area contributed by atoms with E-state index in [1.54, 1.807) is 0 Å². The molecule has 1 aromatic carbocycles. The van der Waals surface area contributed by atoms with Crippen molar-refractivity contribution in [3.05, 3.63) is 35.9 Å². The minimum atomic E-state index is -0.0841. The summed E-state index contributed by atoms with van der Waals surface area (Å²) in [5, 5.41) is 0. The zero-order chi connectivity index (χ0) is 15.1. The number of rotatable bonds is 5. The highest BCUT2D eigenvalue weighted by molar-refractivity contribution is 5.75. The van der Waals surface area contributed by atoms with E-state index in [-0.39, 0.29) is 17.8 Å². The van der Waals surface area contributed by atoms with Crippen LogP contribution in [-0.2, 0) is 16.1 Å². The van der Waals surface area contributed by atoms with Crippen LogP contribution in [0.4, 0.5) is 0 Å². The van der Waals surface area contributed by atoms with Gasteiger partial charge >= 0.3 is 5.97 Å². The maximum atomic E-state index is 12.1. The highest BCUT2D eigenvalue weighted by atomic mass is 16.5. The maximum absolute atomic E-state index is 12.1. The number of guanidine groups is 1. The van der Waals surface area contributed by atoms with Gasteiger partial charge in [-0.25, -0.2) is 0 Å². The van der Waals surface area contributed by atoms with Gasteiger partial charge in [0.1, 0.15) is 6.61 Å². The standard InChI is InChI=1S/C16H23N3O2/c17-16(18)19-10-12-6-8-14(9-7-12)15(20)21-11-13-4-2-1-3-5-13/h1-5,12,14H,6-11H2,(H4,17,18,19). The van der Waals surface area contributed by atoms with E-state index in [0.29, 0.717) is 19.1 Å². The van der Waals surface area contributed by atoms with Crippen LogP contribution in [0.3, 0.4) is 0 Å². The summed E-state index contributed by atoms with van der Waals surface area (Å²) in [5.41, 5.74) is 11.7. The Morgan fingerprint density at radius 2 is 1.81 bits per heavy atom. The van der Waals surface area contributed by atoms with Crippen LogP contribution in [0.5, 0.6) is 0 Å². The lowest BCUT2D eigenvalue weighted by Crippen LogP contribution is -2.27. The molecule has 4 N–H and O–H groups in total. The van der Waals surface area contributed by atoms with Gasteiger partial charge in [-0.2, -0.15) is 0 Å². The molecule has 0 unspecified atom stereocenters. The number of hydrogen-bond donors (Lipinski definition) is 2. The predicted molar refractivity (Wildman–Crippen MR) is 82.4 cm³/mol. The molecule has 5 heteroatoms. The van der Waals surface area contributed by atoms with E-state index in [2.05, 4.69) is 4.99 Å². The lowest BCUT2D eigenvalue weighted by molar-refractivity contribution is -0.151. The molecular weight excluding hydrogens is 266 g/mol. The van der Waals surface area contributed by atoms with Crippen LogP contribution in [0.2, 0.25) is 0 Å². The number of carbonyl (C=O) groups is 1. The molecule has 0 aromatic heterocycles. The number of aliphatic imine (C=N–C) groups is 1. The number of ether oxygens (including phenoxy) is 1. The van der Waals surface area contributed by atoms with Crippen molar-refractivity contribution in [2.75, 3.05) is 6.54 Å². The summed E-state index contributed by atoms with van der Waals surface area (Å²) >= 11 is 0. The minimum absolute atomic E-state index is 0.0177. The van der Waals surface area contributed by atoms with Crippen molar-refractivity contribution in [2.45, 2.75) is 32.3 Å². The zero-order valence-electron chi connectivity index (χ0n) is 12.2. The number of nitrogens with zero attached hydrogens (tertiary/aromatic N) is 1. The van der Waals surface area contributed by atoms with Crippen molar-refractivity contribution >= 4 is 11.9 Å². The summed E-state index contributed by atoms with van der Waals surface area (Å²) in [4.78, 5) is 16.1. The first-order valence-corrected chi connectivity index (χ1v) is 7.41. The first-order valence-electron chi connectivity index (χ1n) is 7.41. The van der Waals surface area contributed by atoms with Crippen LogP contribution >= 0.6 is 0 Å². The van der Waals surface area contributed by atoms with Crippen LogP contribution < -0.4 is 11.5 Å². The molecule has 0 aliphatic heterocycles. The Labute approximate surface area is 125 Å². The predicted octanol–water partition coefficient (Wildman–Crippen LogP) is 1.81. The molecule has 0 saturated heterocycles. The normalized spacial score (nSPS) is 21.5. The lowest BCUT2D eigenvalue weighted by Gasteiger charge is -2.26. The molecule has 0 amide bonds. The quantitative estimate of drug-likeness (QED) is 0.491. The molecule has 2 rings (SSSR count). The fourth-order valence-electron chi connectivity index (χ4n) is 2.66. The number of nitrogens with two attached hydrogens (primary N) is 2. The van der Waals surface area contributed by atoms with E-state index in [1.165, 1.54) is 0 Å². The Balaban J connectivity index is 1.72. The average molecular weight is 289 g/mol. The van der Waals surface area contributed by atoms with Crippen molar-refractivity contribution in [2.24, 2.45) is 28.3 Å². The molecular formula is C16H23N3O2. The summed E-state index contributed by atoms with van der Waals surface area (Å²) in [6.07, 6.45) is 3.67. The van der Waals surface area contributed by atoms with Crippen LogP contribution in [0.15, 0.2) is 35.3 Å². The van der Waals surface area contributed by atoms with E-state index in [9.17, 15) is 4.79 Å². The molecule has 21 heavy (non-hydrogen) atoms. The summed E-state index contributed by atoms with van der Waals surface area (Å²) in [7, 11) is 0. The molecule has 0 heterocycles. The summed E-state index contributed by atoms with van der Waals surface area (Å²) < 4.78 is 5.39. The molecule has 0 spiro atoms. The molecule has 0 radical (unpaired) electrons. The van der Waals surface area contributed by atoms with Crippen molar-refractivity contribution in [3.63, 3.8) is 0 Å². The fourth-order valence-corrected chi connectivity index (χ4v) is 2.66. The first-order chi connectivity index (χ1) is 10.1. The third-order valence-corrected chi connectivity index (χ3v) is 3.94. The minimum Gasteiger partial charge on any atom is -0.461 e. The fraction of sp³-hybridized carbons (Fsp3) is 0.500. The SMILES string of the molecule is NC(N)=NCC1CCC(C(=O)OCc2ccccc2)CC1. The van der Waals surface area contributed by atoms with Crippen molar-refractivity contribution < 1.29 is 9.53 Å². The highest BCUT2D eigenvalue weighted by Gasteiger charge is 2.27. The van der Waals surface area contributed by atoms with Crippen LogP contribution in [0.1, 0.15) is 31.2 Å². The number of benzene rings is 1. The molecule has 1 aromatic rings. The topological polar surface area (TPSA) is 90.7 Å². The largest absolute Gasteiger partial charge is 0.461 e. The monoisotopic (exact) mass is 289 g/mol. The van der Waals surface area contributed by atoms with Gasteiger partial charge in [0, 0.05) is 6.54 Å². The van der Waals surface area contributed by atoms with Crippen molar-refractivity contribution in [1.29, 1.82) is 0 Å². The summed E-state index contributed by atoms with van der Waals surface area (Å²) in [5.74, 6) is 0.549. The molecule has 114 valence electrons. The first kappa shape index (κ1) is 15.4. The Hall–Kier alpha value is -2.04. The summed E-state index contributed by atoms with van der Waals surface area (Å²) in [6.45, 7) is 1.02. The van der Waals surface area contributed by atoms with Gasteiger partial charge in [-0.1, -0.05) is 30.3 Å². The van der Waals surface area contributed by atoms with Gasteiger partial charge in [0.15, 0.2) is 5.96 Å². The zero-order valence-corrected chi connectivity index (χ0v) is 12.2. The van der Waals surface area contributed by atoms with Gasteiger partial charge in [-0.15, -0.1) is 0 Å². The Bertz CT molecular complexity index is 476. The second-order valence-electron chi connectivity index (χ2n) is 5.58. The maximum Gasteiger partial charge on any atom is 0.309 e. The van der Waals surface area contributed by atoms with Crippen molar-refractivity contribution in [3.8, 4) is 0 Å². The van der Waals surface area contributed by atoms with Crippen LogP contribution in [0.25, 0.3) is 0 Å². The molecule has 1 aliphatic carbocycles. The van der Waals surface area contributed by atoms with Gasteiger partial charge in [0.05, 0.1) is 5.92 Å². The lowest BCUT2D eigenvalue weighted by atomic mass is 9.82. The smallest absolute Gasteiger partial charge is 0.309 e. The van der Waals surface area contributed by atoms with Gasteiger partial charge in [-0.3, -0.25) is 9.79 Å². The van der Waals surface area contributed by atoms with E-state index >= 15 is 0 Å². The van der Waals surface area contributed by atoms with Gasteiger partial charge in [0.25, 0.3) is 0 Å².